The Kier molecular flexibility index (Phi) is 3.26. The number of sulfonamides is 1. The first-order chi connectivity index (χ1) is 6.18. The van der Waals surface area contributed by atoms with Gasteiger partial charge in [-0.2, -0.15) is 0 Å². The topological polar surface area (TPSA) is 37.4 Å². The van der Waals surface area contributed by atoms with Crippen molar-refractivity contribution in [3.63, 3.8) is 0 Å². The predicted molar refractivity (Wildman–Crippen MR) is 58.6 cm³/mol. The monoisotopic (exact) mass is 219 g/mol. The van der Waals surface area contributed by atoms with Crippen LogP contribution in [0.2, 0.25) is 0 Å². The van der Waals surface area contributed by atoms with Gasteiger partial charge in [-0.1, -0.05) is 20.8 Å². The molecule has 0 radical (unpaired) electrons. The smallest absolute Gasteiger partial charge is 0.211 e. The van der Waals surface area contributed by atoms with Crippen LogP contribution in [0.25, 0.3) is 0 Å². The highest BCUT2D eigenvalue weighted by Gasteiger charge is 2.33. The van der Waals surface area contributed by atoms with Gasteiger partial charge in [-0.25, -0.2) is 12.7 Å². The molecule has 3 nitrogen and oxygen atoms in total. The van der Waals surface area contributed by atoms with E-state index in [9.17, 15) is 8.42 Å². The maximum absolute atomic E-state index is 11.1. The van der Waals surface area contributed by atoms with Crippen LogP contribution < -0.4 is 0 Å². The molecule has 4 heteroatoms. The first-order valence-corrected chi connectivity index (χ1v) is 6.98. The SMILES string of the molecule is CC(C)(C)CCC1CN(S(C)(=O)=O)C1. The molecule has 0 atom stereocenters. The minimum absolute atomic E-state index is 0.367. The molecule has 1 heterocycles. The van der Waals surface area contributed by atoms with Gasteiger partial charge in [0, 0.05) is 13.1 Å². The standard InChI is InChI=1S/C10H21NO2S/c1-10(2,3)6-5-9-7-11(8-9)14(4,12)13/h9H,5-8H2,1-4H3. The number of hydrogen-bond acceptors (Lipinski definition) is 2. The van der Waals surface area contributed by atoms with Gasteiger partial charge in [-0.3, -0.25) is 0 Å². The molecule has 0 N–H and O–H groups in total. The lowest BCUT2D eigenvalue weighted by Gasteiger charge is -2.38. The van der Waals surface area contributed by atoms with Crippen molar-refractivity contribution in [1.29, 1.82) is 0 Å². The summed E-state index contributed by atoms with van der Waals surface area (Å²) in [4.78, 5) is 0. The first kappa shape index (κ1) is 12.0. The van der Waals surface area contributed by atoms with Crippen LogP contribution in [0.15, 0.2) is 0 Å². The summed E-state index contributed by atoms with van der Waals surface area (Å²) in [6.45, 7) is 8.13. The van der Waals surface area contributed by atoms with Gasteiger partial charge in [0.2, 0.25) is 10.0 Å². The Bertz CT molecular complexity index is 284. The fourth-order valence-corrected chi connectivity index (χ4v) is 2.58. The molecule has 0 aromatic carbocycles. The van der Waals surface area contributed by atoms with Crippen LogP contribution in [0, 0.1) is 11.3 Å². The molecule has 1 saturated heterocycles. The summed E-state index contributed by atoms with van der Waals surface area (Å²) in [5.41, 5.74) is 0.367. The van der Waals surface area contributed by atoms with E-state index in [0.717, 1.165) is 19.5 Å². The third-order valence-corrected chi connectivity index (χ3v) is 3.93. The molecule has 84 valence electrons. The van der Waals surface area contributed by atoms with Crippen LogP contribution in [-0.4, -0.2) is 32.1 Å². The molecule has 0 spiro atoms. The molecule has 0 unspecified atom stereocenters. The van der Waals surface area contributed by atoms with Crippen LogP contribution in [-0.2, 0) is 10.0 Å². The van der Waals surface area contributed by atoms with Gasteiger partial charge in [-0.05, 0) is 24.2 Å². The Morgan fingerprint density at radius 3 is 2.14 bits per heavy atom. The van der Waals surface area contributed by atoms with E-state index in [-0.39, 0.29) is 0 Å². The Balaban J connectivity index is 2.23. The number of hydrogen-bond donors (Lipinski definition) is 0. The Morgan fingerprint density at radius 1 is 1.29 bits per heavy atom. The van der Waals surface area contributed by atoms with Gasteiger partial charge in [0.25, 0.3) is 0 Å². The minimum atomic E-state index is -2.92. The second kappa shape index (κ2) is 3.81. The van der Waals surface area contributed by atoms with E-state index in [4.69, 9.17) is 0 Å². The van der Waals surface area contributed by atoms with Crippen molar-refractivity contribution in [3.8, 4) is 0 Å². The van der Waals surface area contributed by atoms with Gasteiger partial charge in [0.15, 0.2) is 0 Å². The summed E-state index contributed by atoms with van der Waals surface area (Å²) in [5, 5.41) is 0. The Hall–Kier alpha value is -0.0900. The van der Waals surface area contributed by atoms with Crippen molar-refractivity contribution >= 4 is 10.0 Å². The van der Waals surface area contributed by atoms with Crippen molar-refractivity contribution in [2.75, 3.05) is 19.3 Å². The van der Waals surface area contributed by atoms with E-state index in [2.05, 4.69) is 20.8 Å². The third kappa shape index (κ3) is 3.58. The van der Waals surface area contributed by atoms with E-state index < -0.39 is 10.0 Å². The molecular formula is C10H21NO2S. The predicted octanol–water partition coefficient (Wildman–Crippen LogP) is 1.70. The third-order valence-electron chi connectivity index (χ3n) is 2.70. The van der Waals surface area contributed by atoms with Crippen molar-refractivity contribution in [3.05, 3.63) is 0 Å². The Morgan fingerprint density at radius 2 is 1.79 bits per heavy atom. The highest BCUT2D eigenvalue weighted by Crippen LogP contribution is 2.29. The van der Waals surface area contributed by atoms with Crippen LogP contribution >= 0.6 is 0 Å². The van der Waals surface area contributed by atoms with E-state index in [1.54, 1.807) is 4.31 Å². The van der Waals surface area contributed by atoms with Crippen molar-refractivity contribution in [2.45, 2.75) is 33.6 Å². The zero-order valence-corrected chi connectivity index (χ0v) is 10.4. The fourth-order valence-electron chi connectivity index (χ4n) is 1.61. The summed E-state index contributed by atoms with van der Waals surface area (Å²) in [6, 6.07) is 0. The highest BCUT2D eigenvalue weighted by molar-refractivity contribution is 7.88. The second-order valence-electron chi connectivity index (χ2n) is 5.55. The highest BCUT2D eigenvalue weighted by atomic mass is 32.2. The second-order valence-corrected chi connectivity index (χ2v) is 7.53. The molecule has 0 saturated carbocycles. The summed E-state index contributed by atoms with van der Waals surface area (Å²) in [7, 11) is -2.92. The quantitative estimate of drug-likeness (QED) is 0.724. The molecule has 1 fully saturated rings. The number of rotatable bonds is 3. The molecular weight excluding hydrogens is 198 g/mol. The zero-order valence-electron chi connectivity index (χ0n) is 9.58. The van der Waals surface area contributed by atoms with Crippen LogP contribution in [0.4, 0.5) is 0 Å². The van der Waals surface area contributed by atoms with Crippen LogP contribution in [0.5, 0.6) is 0 Å². The molecule has 1 aliphatic rings. The van der Waals surface area contributed by atoms with E-state index in [1.807, 2.05) is 0 Å². The maximum atomic E-state index is 11.1. The molecule has 0 aromatic heterocycles. The molecule has 0 aliphatic carbocycles. The van der Waals surface area contributed by atoms with Crippen molar-refractivity contribution in [2.24, 2.45) is 11.3 Å². The summed E-state index contributed by atoms with van der Waals surface area (Å²) in [5.74, 6) is 0.587. The largest absolute Gasteiger partial charge is 0.213 e. The van der Waals surface area contributed by atoms with Gasteiger partial charge < -0.3 is 0 Å². The van der Waals surface area contributed by atoms with E-state index >= 15 is 0 Å². The van der Waals surface area contributed by atoms with E-state index in [0.29, 0.717) is 11.3 Å². The fraction of sp³-hybridized carbons (Fsp3) is 1.00. The van der Waals surface area contributed by atoms with Gasteiger partial charge in [-0.15, -0.1) is 0 Å². The Labute approximate surface area is 87.5 Å². The number of nitrogens with zero attached hydrogens (tertiary/aromatic N) is 1. The maximum Gasteiger partial charge on any atom is 0.211 e. The molecule has 1 aliphatic heterocycles. The average molecular weight is 219 g/mol. The lowest BCUT2D eigenvalue weighted by Crippen LogP contribution is -2.49. The van der Waals surface area contributed by atoms with Crippen molar-refractivity contribution < 1.29 is 8.42 Å². The molecule has 14 heavy (non-hydrogen) atoms. The van der Waals surface area contributed by atoms with E-state index in [1.165, 1.54) is 12.7 Å². The molecule has 1 rings (SSSR count). The van der Waals surface area contributed by atoms with Gasteiger partial charge in [0.05, 0.1) is 6.26 Å². The lowest BCUT2D eigenvalue weighted by atomic mass is 9.85. The molecule has 0 amide bonds. The van der Waals surface area contributed by atoms with Crippen molar-refractivity contribution in [1.82, 2.24) is 4.31 Å². The molecule has 0 bridgehead atoms. The van der Waals surface area contributed by atoms with Crippen LogP contribution in [0.1, 0.15) is 33.6 Å². The molecule has 0 aromatic rings. The van der Waals surface area contributed by atoms with Crippen LogP contribution in [0.3, 0.4) is 0 Å². The zero-order chi connectivity index (χ0) is 11.0. The summed E-state index contributed by atoms with van der Waals surface area (Å²) >= 11 is 0. The average Bonchev–Trinajstić information content (AvgIpc) is 1.76. The van der Waals surface area contributed by atoms with Gasteiger partial charge in [0.1, 0.15) is 0 Å². The normalized spacial score (nSPS) is 20.9. The lowest BCUT2D eigenvalue weighted by molar-refractivity contribution is 0.171. The van der Waals surface area contributed by atoms with Gasteiger partial charge >= 0.3 is 0 Å². The minimum Gasteiger partial charge on any atom is -0.213 e. The summed E-state index contributed by atoms with van der Waals surface area (Å²) in [6.07, 6.45) is 3.61. The summed E-state index contributed by atoms with van der Waals surface area (Å²) < 4.78 is 23.7. The first-order valence-electron chi connectivity index (χ1n) is 5.13.